The van der Waals surface area contributed by atoms with Gasteiger partial charge in [0, 0.05) is 28.3 Å². The van der Waals surface area contributed by atoms with E-state index in [4.69, 9.17) is 4.98 Å². The Labute approximate surface area is 394 Å². The van der Waals surface area contributed by atoms with Crippen LogP contribution < -0.4 is 4.90 Å². The van der Waals surface area contributed by atoms with E-state index in [9.17, 15) is 0 Å². The zero-order valence-electron chi connectivity index (χ0n) is 39.0. The summed E-state index contributed by atoms with van der Waals surface area (Å²) in [6.07, 6.45) is 0. The summed E-state index contributed by atoms with van der Waals surface area (Å²) in [7, 11) is 0. The molecule has 9 aromatic carbocycles. The SMILES string of the molecule is CC(C)(C)c1ccc2c(c1)C1(c3cc(-c4ccc(-c5nc6ccccc6n5-c5ccccc5)cc4)ccc3-c3ccc(N(c4ccccc4)c4ccccc4)cc31)c1cc(C(C)(C)C)ccc1-2. The highest BCUT2D eigenvalue weighted by atomic mass is 15.1. The Kier molecular flexibility index (Phi) is 9.21. The first-order valence-electron chi connectivity index (χ1n) is 23.6. The first kappa shape index (κ1) is 40.7. The summed E-state index contributed by atoms with van der Waals surface area (Å²) in [6.45, 7) is 14.0. The Bertz CT molecular complexity index is 3410. The van der Waals surface area contributed by atoms with Gasteiger partial charge in [0.15, 0.2) is 0 Å². The third kappa shape index (κ3) is 6.43. The highest BCUT2D eigenvalue weighted by Crippen LogP contribution is 2.64. The molecular formula is C64H53N3. The third-order valence-corrected chi connectivity index (χ3v) is 14.3. The molecule has 0 unspecified atom stereocenters. The molecule has 0 amide bonds. The second-order valence-electron chi connectivity index (χ2n) is 20.4. The van der Waals surface area contributed by atoms with Gasteiger partial charge in [-0.05, 0) is 144 Å². The molecule has 0 radical (unpaired) electrons. The minimum Gasteiger partial charge on any atom is -0.310 e. The van der Waals surface area contributed by atoms with Gasteiger partial charge >= 0.3 is 0 Å². The lowest BCUT2D eigenvalue weighted by atomic mass is 9.68. The van der Waals surface area contributed by atoms with Gasteiger partial charge in [-0.25, -0.2) is 4.98 Å². The topological polar surface area (TPSA) is 21.1 Å². The molecule has 0 saturated carbocycles. The van der Waals surface area contributed by atoms with Crippen molar-refractivity contribution < 1.29 is 0 Å². The number of nitrogens with zero attached hydrogens (tertiary/aromatic N) is 3. The average Bonchev–Trinajstić information content (AvgIpc) is 3.98. The lowest BCUT2D eigenvalue weighted by Gasteiger charge is -2.34. The number of imidazole rings is 1. The molecule has 3 nitrogen and oxygen atoms in total. The smallest absolute Gasteiger partial charge is 0.145 e. The van der Waals surface area contributed by atoms with Gasteiger partial charge in [0.2, 0.25) is 0 Å². The van der Waals surface area contributed by atoms with Crippen molar-refractivity contribution in [1.82, 2.24) is 9.55 Å². The molecule has 0 N–H and O–H groups in total. The van der Waals surface area contributed by atoms with Crippen LogP contribution in [-0.2, 0) is 16.2 Å². The summed E-state index contributed by atoms with van der Waals surface area (Å²) in [5.41, 5.74) is 22.5. The van der Waals surface area contributed by atoms with Crippen LogP contribution >= 0.6 is 0 Å². The van der Waals surface area contributed by atoms with Crippen LogP contribution in [0.1, 0.15) is 74.9 Å². The lowest BCUT2D eigenvalue weighted by Crippen LogP contribution is -2.27. The molecule has 67 heavy (non-hydrogen) atoms. The van der Waals surface area contributed by atoms with Crippen molar-refractivity contribution in [3.05, 3.63) is 246 Å². The molecule has 324 valence electrons. The van der Waals surface area contributed by atoms with Gasteiger partial charge < -0.3 is 4.90 Å². The Morgan fingerprint density at radius 3 is 1.40 bits per heavy atom. The fourth-order valence-electron chi connectivity index (χ4n) is 10.9. The summed E-state index contributed by atoms with van der Waals surface area (Å²) in [4.78, 5) is 7.60. The molecular weight excluding hydrogens is 811 g/mol. The van der Waals surface area contributed by atoms with E-state index in [0.717, 1.165) is 45.2 Å². The molecule has 0 saturated heterocycles. The second kappa shape index (κ2) is 15.2. The second-order valence-corrected chi connectivity index (χ2v) is 20.4. The van der Waals surface area contributed by atoms with Crippen LogP contribution in [0, 0.1) is 0 Å². The maximum atomic E-state index is 5.19. The summed E-state index contributed by atoms with van der Waals surface area (Å²) < 4.78 is 2.28. The Morgan fingerprint density at radius 1 is 0.388 bits per heavy atom. The van der Waals surface area contributed by atoms with Gasteiger partial charge in [-0.15, -0.1) is 0 Å². The number of para-hydroxylation sites is 5. The molecule has 10 aromatic rings. The largest absolute Gasteiger partial charge is 0.310 e. The number of aromatic nitrogens is 2. The quantitative estimate of drug-likeness (QED) is 0.166. The normalized spacial score (nSPS) is 13.3. The molecule has 2 aliphatic carbocycles. The molecule has 0 atom stereocenters. The number of hydrogen-bond donors (Lipinski definition) is 0. The highest BCUT2D eigenvalue weighted by molar-refractivity contribution is 5.98. The monoisotopic (exact) mass is 863 g/mol. The van der Waals surface area contributed by atoms with Gasteiger partial charge in [-0.3, -0.25) is 4.57 Å². The van der Waals surface area contributed by atoms with E-state index in [0.29, 0.717) is 0 Å². The van der Waals surface area contributed by atoms with Crippen molar-refractivity contribution in [3.8, 4) is 50.5 Å². The van der Waals surface area contributed by atoms with E-state index in [2.05, 4.69) is 263 Å². The minimum atomic E-state index is -0.580. The van der Waals surface area contributed by atoms with Crippen LogP contribution in [0.2, 0.25) is 0 Å². The van der Waals surface area contributed by atoms with Crippen molar-refractivity contribution in [2.75, 3.05) is 4.90 Å². The maximum absolute atomic E-state index is 5.19. The summed E-state index contributed by atoms with van der Waals surface area (Å²) in [5, 5.41) is 0. The number of anilines is 3. The molecule has 0 fully saturated rings. The Morgan fingerprint density at radius 2 is 0.836 bits per heavy atom. The first-order valence-corrected chi connectivity index (χ1v) is 23.6. The predicted octanol–water partition coefficient (Wildman–Crippen LogP) is 16.8. The van der Waals surface area contributed by atoms with Gasteiger partial charge in [-0.2, -0.15) is 0 Å². The van der Waals surface area contributed by atoms with Crippen molar-refractivity contribution in [1.29, 1.82) is 0 Å². The lowest BCUT2D eigenvalue weighted by molar-refractivity contribution is 0.586. The zero-order chi connectivity index (χ0) is 45.7. The summed E-state index contributed by atoms with van der Waals surface area (Å²) in [5.74, 6) is 0.932. The maximum Gasteiger partial charge on any atom is 0.145 e. The Balaban J connectivity index is 1.09. The molecule has 1 heterocycles. The molecule has 3 heteroatoms. The first-order chi connectivity index (χ1) is 32.5. The van der Waals surface area contributed by atoms with E-state index >= 15 is 0 Å². The number of rotatable bonds is 6. The van der Waals surface area contributed by atoms with E-state index in [1.54, 1.807) is 0 Å². The molecule has 1 aromatic heterocycles. The van der Waals surface area contributed by atoms with Crippen molar-refractivity contribution in [2.24, 2.45) is 0 Å². The fourth-order valence-corrected chi connectivity index (χ4v) is 10.9. The third-order valence-electron chi connectivity index (χ3n) is 14.3. The standard InChI is InChI=1S/C64H53N3/c1-62(2,3)45-31-35-52-53-36-32-46(63(4,5)6)40-57(53)64(56(52)39-45)55-38-44(42-26-28-43(29-27-42)61-65-59-24-16-17-25-60(59)67(61)49-22-14-9-15-23-49)30-34-51(55)54-37-33-50(41-58(54)64)66(47-18-10-7-11-19-47)48-20-12-8-13-21-48/h7-41H,1-6H3. The van der Waals surface area contributed by atoms with Crippen LogP contribution in [-0.4, -0.2) is 9.55 Å². The zero-order valence-corrected chi connectivity index (χ0v) is 39.0. The van der Waals surface area contributed by atoms with Crippen LogP contribution in [0.5, 0.6) is 0 Å². The highest BCUT2D eigenvalue weighted by Gasteiger charge is 2.52. The van der Waals surface area contributed by atoms with Crippen LogP contribution in [0.4, 0.5) is 17.1 Å². The van der Waals surface area contributed by atoms with Crippen LogP contribution in [0.15, 0.2) is 212 Å². The van der Waals surface area contributed by atoms with Gasteiger partial charge in [0.05, 0.1) is 16.4 Å². The van der Waals surface area contributed by atoms with E-state index in [1.165, 1.54) is 66.8 Å². The number of fused-ring (bicyclic) bond motifs is 11. The molecule has 1 spiro atoms. The van der Waals surface area contributed by atoms with Crippen molar-refractivity contribution >= 4 is 28.1 Å². The van der Waals surface area contributed by atoms with Crippen molar-refractivity contribution in [3.63, 3.8) is 0 Å². The number of hydrogen-bond acceptors (Lipinski definition) is 2. The van der Waals surface area contributed by atoms with E-state index < -0.39 is 5.41 Å². The molecule has 0 bridgehead atoms. The average molecular weight is 864 g/mol. The Hall–Kier alpha value is -7.75. The van der Waals surface area contributed by atoms with Gasteiger partial charge in [-0.1, -0.05) is 187 Å². The predicted molar refractivity (Wildman–Crippen MR) is 280 cm³/mol. The van der Waals surface area contributed by atoms with Gasteiger partial charge in [0.25, 0.3) is 0 Å². The van der Waals surface area contributed by atoms with Gasteiger partial charge in [0.1, 0.15) is 5.82 Å². The molecule has 0 aliphatic heterocycles. The summed E-state index contributed by atoms with van der Waals surface area (Å²) in [6, 6.07) is 78.7. The fraction of sp³-hybridized carbons (Fsp3) is 0.141. The minimum absolute atomic E-state index is 0.0459. The van der Waals surface area contributed by atoms with E-state index in [1.807, 2.05) is 0 Å². The van der Waals surface area contributed by atoms with Crippen LogP contribution in [0.25, 0.3) is 61.5 Å². The summed E-state index contributed by atoms with van der Waals surface area (Å²) >= 11 is 0. The molecule has 2 aliphatic rings. The van der Waals surface area contributed by atoms with E-state index in [-0.39, 0.29) is 10.8 Å². The van der Waals surface area contributed by atoms with Crippen LogP contribution in [0.3, 0.4) is 0 Å². The number of benzene rings is 9. The molecule has 12 rings (SSSR count). The van der Waals surface area contributed by atoms with Crippen molar-refractivity contribution in [2.45, 2.75) is 57.8 Å².